The SMILES string of the molecule is O=C(NC(=S)N1C(=O)CCCC1c1cccnc1)c1ccc(F)cc1.O=C(NC(=S)N1CCCCC1c1ccnnc1)c1ccc(F)cc1.O=C(NC(=S)N1CCCCC1c1cncnc1)c1ccc(F)cc1.O=C(NC(=S)N1CCCCC1c1cncnc1)c1ccc(F)cc1.O=C(NC(=S)N1CCCCC1c1cncnc1)c1ccc(F)cc1. The minimum Gasteiger partial charge on any atom is -0.342 e. The number of benzene rings is 5. The highest BCUT2D eigenvalue weighted by atomic mass is 32.1. The predicted molar refractivity (Wildman–Crippen MR) is 461 cm³/mol. The summed E-state index contributed by atoms with van der Waals surface area (Å²) in [5.74, 6) is -3.92. The molecule has 5 N–H and O–H groups in total. The maximum Gasteiger partial charge on any atom is 0.257 e. The molecule has 10 heterocycles. The van der Waals surface area contributed by atoms with E-state index in [4.69, 9.17) is 61.1 Å². The molecule has 0 radical (unpaired) electrons. The molecule has 5 unspecified atom stereocenters. The van der Waals surface area contributed by atoms with Gasteiger partial charge in [0, 0.05) is 133 Å². The van der Waals surface area contributed by atoms with Crippen molar-refractivity contribution in [1.82, 2.24) is 96.2 Å². The van der Waals surface area contributed by atoms with Crippen LogP contribution in [0.3, 0.4) is 0 Å². The summed E-state index contributed by atoms with van der Waals surface area (Å²) in [6.45, 7) is 3.07. The molecule has 15 rings (SSSR count). The molecule has 0 aliphatic carbocycles. The second kappa shape index (κ2) is 45.2. The molecule has 6 amide bonds. The molecule has 121 heavy (non-hydrogen) atoms. The van der Waals surface area contributed by atoms with Gasteiger partial charge in [0.25, 0.3) is 29.5 Å². The quantitative estimate of drug-likeness (QED) is 0.0628. The number of rotatable bonds is 10. The van der Waals surface area contributed by atoms with Crippen molar-refractivity contribution in [3.05, 3.63) is 305 Å². The monoisotopic (exact) mass is 1730 g/mol. The van der Waals surface area contributed by atoms with E-state index in [9.17, 15) is 50.7 Å². The average Bonchev–Trinajstić information content (AvgIpc) is 0.738. The second-order valence-corrected chi connectivity index (χ2v) is 30.2. The van der Waals surface area contributed by atoms with Gasteiger partial charge in [-0.15, -0.1) is 0 Å². The Hall–Kier alpha value is -12.3. The Balaban J connectivity index is 0.000000148. The van der Waals surface area contributed by atoms with E-state index in [0.29, 0.717) is 49.1 Å². The molecule has 35 heteroatoms. The summed E-state index contributed by atoms with van der Waals surface area (Å²) in [5, 5.41) is 22.8. The van der Waals surface area contributed by atoms with Crippen LogP contribution < -0.4 is 26.6 Å². The largest absolute Gasteiger partial charge is 0.342 e. The number of nitrogens with zero attached hydrogens (tertiary/aromatic N) is 14. The third-order valence-electron chi connectivity index (χ3n) is 20.3. The zero-order chi connectivity index (χ0) is 85.6. The summed E-state index contributed by atoms with van der Waals surface area (Å²) in [6, 6.07) is 32.2. The summed E-state index contributed by atoms with van der Waals surface area (Å²) in [4.78, 5) is 112. The molecule has 5 fully saturated rings. The standard InChI is InChI=1S/C18H16FN3O2S.4C17H17FN4OS/c19-14-8-6-12(7-9-14)17(24)21-18(25)22-15(4-1-5-16(22)23)13-3-2-10-20-11-13;18-14-6-4-12(5-7-14)16(23)21-17(24)22-10-2-1-3-15(22)13-8-9-19-20-11-13;3*18-14-6-4-12(5-7-14)16(23)21-17(24)22-8-2-1-3-15(22)13-9-19-11-20-10-13/h2-3,6-11,15H,1,4-5H2,(H,21,24,25);4-9,11,15H,1-3,10H2,(H,21,23,24);3*4-7,9-11,15H,1-3,8H2,(H,21,23,24). The van der Waals surface area contributed by atoms with Gasteiger partial charge < -0.3 is 19.6 Å². The number of likely N-dealkylation sites (tertiary alicyclic amines) is 5. The topological polar surface area (TPSA) is 295 Å². The Morgan fingerprint density at radius 1 is 0.298 bits per heavy atom. The highest BCUT2D eigenvalue weighted by Gasteiger charge is 2.35. The number of nitrogens with one attached hydrogen (secondary N) is 5. The zero-order valence-electron chi connectivity index (χ0n) is 65.2. The van der Waals surface area contributed by atoms with Crippen LogP contribution in [0.2, 0.25) is 0 Å². The fourth-order valence-electron chi connectivity index (χ4n) is 14.2. The van der Waals surface area contributed by atoms with Crippen molar-refractivity contribution in [2.45, 2.75) is 127 Å². The van der Waals surface area contributed by atoms with E-state index in [-0.39, 0.29) is 93.7 Å². The molecule has 0 saturated carbocycles. The molecule has 5 aromatic carbocycles. The second-order valence-electron chi connectivity index (χ2n) is 28.3. The molecule has 5 atom stereocenters. The van der Waals surface area contributed by atoms with Crippen LogP contribution in [0.4, 0.5) is 22.0 Å². The van der Waals surface area contributed by atoms with Gasteiger partial charge in [-0.05, 0) is 296 Å². The average molecular weight is 1740 g/mol. The molecule has 5 aromatic heterocycles. The van der Waals surface area contributed by atoms with Gasteiger partial charge in [-0.2, -0.15) is 10.2 Å². The van der Waals surface area contributed by atoms with E-state index in [0.717, 1.165) is 144 Å². The van der Waals surface area contributed by atoms with Crippen molar-refractivity contribution in [3.8, 4) is 0 Å². The van der Waals surface area contributed by atoms with E-state index in [1.54, 1.807) is 68.0 Å². The van der Waals surface area contributed by atoms with Gasteiger partial charge in [-0.3, -0.25) is 65.2 Å². The number of aromatic nitrogens is 9. The summed E-state index contributed by atoms with van der Waals surface area (Å²) < 4.78 is 64.8. The first-order valence-electron chi connectivity index (χ1n) is 39.0. The number of hydrogen-bond donors (Lipinski definition) is 5. The fraction of sp³-hybridized carbons (Fsp3) is 0.279. The van der Waals surface area contributed by atoms with Crippen molar-refractivity contribution in [2.24, 2.45) is 0 Å². The number of thiocarbonyl (C=S) groups is 5. The van der Waals surface area contributed by atoms with E-state index in [2.05, 4.69) is 71.7 Å². The van der Waals surface area contributed by atoms with Gasteiger partial charge in [0.2, 0.25) is 5.91 Å². The Bertz CT molecular complexity index is 4680. The van der Waals surface area contributed by atoms with Gasteiger partial charge in [0.15, 0.2) is 25.6 Å². The third-order valence-corrected chi connectivity index (χ3v) is 22.0. The number of carbonyl (C=O) groups excluding carboxylic acids is 6. The van der Waals surface area contributed by atoms with Crippen LogP contribution in [0.15, 0.2) is 220 Å². The minimum atomic E-state index is -0.478. The summed E-state index contributed by atoms with van der Waals surface area (Å²) in [6.07, 6.45) is 35.9. The predicted octanol–water partition coefficient (Wildman–Crippen LogP) is 14.4. The molecule has 0 spiro atoms. The first-order valence-corrected chi connectivity index (χ1v) is 41.0. The Morgan fingerprint density at radius 3 is 0.851 bits per heavy atom. The maximum absolute atomic E-state index is 13.0. The highest BCUT2D eigenvalue weighted by Crippen LogP contribution is 2.36. The van der Waals surface area contributed by atoms with Crippen molar-refractivity contribution in [3.63, 3.8) is 0 Å². The minimum absolute atomic E-state index is 0.0490. The number of halogens is 5. The lowest BCUT2D eigenvalue weighted by Gasteiger charge is -2.37. The smallest absolute Gasteiger partial charge is 0.257 e. The molecule has 5 aliphatic heterocycles. The van der Waals surface area contributed by atoms with Gasteiger partial charge >= 0.3 is 0 Å². The lowest BCUT2D eigenvalue weighted by molar-refractivity contribution is -0.131. The molecule has 624 valence electrons. The van der Waals surface area contributed by atoms with Crippen molar-refractivity contribution >= 4 is 122 Å². The van der Waals surface area contributed by atoms with Crippen molar-refractivity contribution in [1.29, 1.82) is 0 Å². The van der Waals surface area contributed by atoms with E-state index in [1.807, 2.05) is 31.7 Å². The van der Waals surface area contributed by atoms with Gasteiger partial charge in [0.05, 0.1) is 36.4 Å². The summed E-state index contributed by atoms with van der Waals surface area (Å²) in [7, 11) is 0. The zero-order valence-corrected chi connectivity index (χ0v) is 69.3. The van der Waals surface area contributed by atoms with Crippen LogP contribution in [0.1, 0.15) is 206 Å². The van der Waals surface area contributed by atoms with Crippen LogP contribution >= 0.6 is 61.1 Å². The number of hydrogen-bond acceptors (Lipinski definition) is 20. The van der Waals surface area contributed by atoms with Crippen molar-refractivity contribution in [2.75, 3.05) is 26.2 Å². The fourth-order valence-corrected chi connectivity index (χ4v) is 15.8. The van der Waals surface area contributed by atoms with Gasteiger partial charge in [0.1, 0.15) is 48.1 Å². The lowest BCUT2D eigenvalue weighted by Crippen LogP contribution is -2.49. The summed E-state index contributed by atoms with van der Waals surface area (Å²) >= 11 is 27.0. The van der Waals surface area contributed by atoms with Crippen LogP contribution in [-0.4, -0.2) is 157 Å². The molecular weight excluding hydrogens is 1650 g/mol. The molecule has 25 nitrogen and oxygen atoms in total. The van der Waals surface area contributed by atoms with Crippen LogP contribution in [-0.2, 0) is 4.79 Å². The lowest BCUT2D eigenvalue weighted by atomic mass is 9.96. The van der Waals surface area contributed by atoms with Crippen LogP contribution in [0.5, 0.6) is 0 Å². The molecule has 10 aromatic rings. The number of piperidine rings is 5. The highest BCUT2D eigenvalue weighted by molar-refractivity contribution is 7.81. The molecular formula is C86H84F5N19O6S5. The van der Waals surface area contributed by atoms with Crippen molar-refractivity contribution < 1.29 is 50.7 Å². The van der Waals surface area contributed by atoms with Gasteiger partial charge in [-0.1, -0.05) is 6.07 Å². The summed E-state index contributed by atoms with van der Waals surface area (Å²) in [5.41, 5.74) is 6.60. The maximum atomic E-state index is 13.0. The van der Waals surface area contributed by atoms with Crippen LogP contribution in [0.25, 0.3) is 0 Å². The molecule has 5 aliphatic rings. The normalized spacial score (nSPS) is 17.3. The van der Waals surface area contributed by atoms with Crippen LogP contribution in [0, 0.1) is 29.1 Å². The molecule has 5 saturated heterocycles. The first-order chi connectivity index (χ1) is 58.7. The van der Waals surface area contributed by atoms with E-state index in [1.165, 1.54) is 145 Å². The Labute approximate surface area is 722 Å². The Morgan fingerprint density at radius 2 is 0.570 bits per heavy atom. The third kappa shape index (κ3) is 25.9. The number of amides is 6. The molecule has 0 bridgehead atoms. The van der Waals surface area contributed by atoms with E-state index < -0.39 is 11.7 Å². The van der Waals surface area contributed by atoms with E-state index >= 15 is 0 Å². The number of carbonyl (C=O) groups is 6. The first kappa shape index (κ1) is 89.5. The Kier molecular flexibility index (Phi) is 33.4. The van der Waals surface area contributed by atoms with Gasteiger partial charge in [-0.25, -0.2) is 51.9 Å². The number of pyridine rings is 1.